The van der Waals surface area contributed by atoms with E-state index in [-0.39, 0.29) is 12.3 Å². The number of hydrogen-bond donors (Lipinski definition) is 2. The summed E-state index contributed by atoms with van der Waals surface area (Å²) in [4.78, 5) is 11.8. The number of aryl methyl sites for hydroxylation is 1. The predicted octanol–water partition coefficient (Wildman–Crippen LogP) is 1.75. The second-order valence-corrected chi connectivity index (χ2v) is 7.39. The molecule has 22 heavy (non-hydrogen) atoms. The van der Waals surface area contributed by atoms with Crippen molar-refractivity contribution in [3.63, 3.8) is 0 Å². The summed E-state index contributed by atoms with van der Waals surface area (Å²) in [5.41, 5.74) is 1.36. The predicted molar refractivity (Wildman–Crippen MR) is 85.4 cm³/mol. The van der Waals surface area contributed by atoms with Crippen molar-refractivity contribution >= 4 is 32.7 Å². The summed E-state index contributed by atoms with van der Waals surface area (Å²) in [6.45, 7) is 1.89. The minimum atomic E-state index is -3.31. The molecule has 0 spiro atoms. The fraction of sp³-hybridized carbons (Fsp3) is 0.357. The number of urea groups is 1. The van der Waals surface area contributed by atoms with Gasteiger partial charge in [0.2, 0.25) is 10.0 Å². The zero-order valence-electron chi connectivity index (χ0n) is 12.7. The van der Waals surface area contributed by atoms with Gasteiger partial charge in [0.25, 0.3) is 0 Å². The van der Waals surface area contributed by atoms with E-state index in [9.17, 15) is 13.2 Å². The van der Waals surface area contributed by atoms with Gasteiger partial charge in [-0.2, -0.15) is 0 Å². The normalized spacial score (nSPS) is 11.8. The first kappa shape index (κ1) is 16.3. The third-order valence-corrected chi connectivity index (χ3v) is 4.93. The fourth-order valence-corrected chi connectivity index (χ4v) is 2.63. The average Bonchev–Trinajstić information content (AvgIpc) is 2.77. The first-order valence-corrected chi connectivity index (χ1v) is 8.34. The molecule has 0 saturated carbocycles. The summed E-state index contributed by atoms with van der Waals surface area (Å²) in [7, 11) is -0.403. The highest BCUT2D eigenvalue weighted by Gasteiger charge is 2.13. The summed E-state index contributed by atoms with van der Waals surface area (Å²) in [6.07, 6.45) is 0. The van der Waals surface area contributed by atoms with E-state index in [1.165, 1.54) is 14.1 Å². The van der Waals surface area contributed by atoms with Crippen LogP contribution >= 0.6 is 0 Å². The van der Waals surface area contributed by atoms with Crippen molar-refractivity contribution in [1.82, 2.24) is 9.62 Å². The average molecular weight is 325 g/mol. The summed E-state index contributed by atoms with van der Waals surface area (Å²) in [5.74, 6) is 0.651. The van der Waals surface area contributed by atoms with Crippen LogP contribution in [0.5, 0.6) is 0 Å². The minimum absolute atomic E-state index is 0.0411. The summed E-state index contributed by atoms with van der Waals surface area (Å²) in [6, 6.07) is 6.72. The Bertz CT molecular complexity index is 780. The van der Waals surface area contributed by atoms with Gasteiger partial charge in [0.05, 0.1) is 5.75 Å². The highest BCUT2D eigenvalue weighted by atomic mass is 32.2. The maximum atomic E-state index is 11.8. The Kier molecular flexibility index (Phi) is 4.72. The number of rotatable bonds is 5. The number of carbonyl (C=O) groups excluding carboxylic acids is 1. The molecule has 1 heterocycles. The summed E-state index contributed by atoms with van der Waals surface area (Å²) < 4.78 is 29.7. The van der Waals surface area contributed by atoms with E-state index in [4.69, 9.17) is 4.42 Å². The molecule has 0 fully saturated rings. The first-order valence-electron chi connectivity index (χ1n) is 6.73. The van der Waals surface area contributed by atoms with Crippen molar-refractivity contribution in [1.29, 1.82) is 0 Å². The maximum absolute atomic E-state index is 11.8. The molecule has 1 aromatic carbocycles. The molecule has 0 aliphatic rings. The molecule has 2 aromatic rings. The van der Waals surface area contributed by atoms with Crippen LogP contribution in [0.4, 0.5) is 10.5 Å². The Labute approximate surface area is 129 Å². The van der Waals surface area contributed by atoms with Crippen LogP contribution in [0.3, 0.4) is 0 Å². The number of amides is 2. The van der Waals surface area contributed by atoms with E-state index in [1.54, 1.807) is 18.2 Å². The van der Waals surface area contributed by atoms with Crippen LogP contribution in [0, 0.1) is 6.92 Å². The van der Waals surface area contributed by atoms with Crippen LogP contribution in [0.2, 0.25) is 0 Å². The molecule has 7 nitrogen and oxygen atoms in total. The first-order chi connectivity index (χ1) is 10.3. The number of sulfonamides is 1. The highest BCUT2D eigenvalue weighted by molar-refractivity contribution is 7.89. The number of carbonyl (C=O) groups is 1. The quantitative estimate of drug-likeness (QED) is 0.876. The Morgan fingerprint density at radius 3 is 2.68 bits per heavy atom. The SMILES string of the molecule is Cc1cc2cc(NC(=O)NCCS(=O)(=O)N(C)C)ccc2o1. The Morgan fingerprint density at radius 1 is 1.27 bits per heavy atom. The van der Waals surface area contributed by atoms with Crippen molar-refractivity contribution in [2.75, 3.05) is 31.7 Å². The van der Waals surface area contributed by atoms with Crippen molar-refractivity contribution in [3.8, 4) is 0 Å². The largest absolute Gasteiger partial charge is 0.461 e. The molecule has 2 rings (SSSR count). The van der Waals surface area contributed by atoms with E-state index < -0.39 is 16.1 Å². The summed E-state index contributed by atoms with van der Waals surface area (Å²) >= 11 is 0. The van der Waals surface area contributed by atoms with Gasteiger partial charge in [0.1, 0.15) is 11.3 Å². The van der Waals surface area contributed by atoms with Crippen LogP contribution in [-0.4, -0.2) is 45.1 Å². The van der Waals surface area contributed by atoms with Crippen molar-refractivity contribution in [2.24, 2.45) is 0 Å². The molecule has 120 valence electrons. The van der Waals surface area contributed by atoms with E-state index in [1.807, 2.05) is 13.0 Å². The molecule has 0 bridgehead atoms. The molecule has 0 unspecified atom stereocenters. The lowest BCUT2D eigenvalue weighted by molar-refractivity contribution is 0.252. The number of benzene rings is 1. The maximum Gasteiger partial charge on any atom is 0.319 e. The van der Waals surface area contributed by atoms with E-state index in [2.05, 4.69) is 10.6 Å². The van der Waals surface area contributed by atoms with Crippen LogP contribution in [0.25, 0.3) is 11.0 Å². The Balaban J connectivity index is 1.91. The molecular weight excluding hydrogens is 306 g/mol. The van der Waals surface area contributed by atoms with E-state index >= 15 is 0 Å². The molecule has 0 saturated heterocycles. The topological polar surface area (TPSA) is 91.7 Å². The third kappa shape index (κ3) is 3.99. The molecule has 0 radical (unpaired) electrons. The second kappa shape index (κ2) is 6.37. The minimum Gasteiger partial charge on any atom is -0.461 e. The highest BCUT2D eigenvalue weighted by Crippen LogP contribution is 2.22. The Morgan fingerprint density at radius 2 is 2.00 bits per heavy atom. The van der Waals surface area contributed by atoms with Gasteiger partial charge in [-0.05, 0) is 31.2 Å². The molecular formula is C14H19N3O4S. The third-order valence-electron chi connectivity index (χ3n) is 3.10. The lowest BCUT2D eigenvalue weighted by Gasteiger charge is -2.12. The van der Waals surface area contributed by atoms with Gasteiger partial charge in [-0.15, -0.1) is 0 Å². The standard InChI is InChI=1S/C14H19N3O4S/c1-10-8-11-9-12(4-5-13(11)21-10)16-14(18)15-6-7-22(19,20)17(2)3/h4-5,8-9H,6-7H2,1-3H3,(H2,15,16,18). The van der Waals surface area contributed by atoms with E-state index in [0.717, 1.165) is 21.0 Å². The zero-order chi connectivity index (χ0) is 16.3. The number of nitrogens with zero attached hydrogens (tertiary/aromatic N) is 1. The molecule has 0 aliphatic heterocycles. The lowest BCUT2D eigenvalue weighted by atomic mass is 10.2. The molecule has 2 N–H and O–H groups in total. The van der Waals surface area contributed by atoms with Gasteiger partial charge in [0, 0.05) is 31.7 Å². The smallest absolute Gasteiger partial charge is 0.319 e. The molecule has 8 heteroatoms. The number of furan rings is 1. The van der Waals surface area contributed by atoms with Crippen LogP contribution in [0.15, 0.2) is 28.7 Å². The van der Waals surface area contributed by atoms with E-state index in [0.29, 0.717) is 5.69 Å². The summed E-state index contributed by atoms with van der Waals surface area (Å²) in [5, 5.41) is 6.07. The molecule has 0 atom stereocenters. The zero-order valence-corrected chi connectivity index (χ0v) is 13.5. The van der Waals surface area contributed by atoms with Gasteiger partial charge in [-0.3, -0.25) is 0 Å². The van der Waals surface area contributed by atoms with Crippen LogP contribution in [-0.2, 0) is 10.0 Å². The van der Waals surface area contributed by atoms with Gasteiger partial charge in [-0.25, -0.2) is 17.5 Å². The van der Waals surface area contributed by atoms with Gasteiger partial charge in [0.15, 0.2) is 0 Å². The molecule has 0 aliphatic carbocycles. The van der Waals surface area contributed by atoms with Crippen molar-refractivity contribution in [3.05, 3.63) is 30.0 Å². The fourth-order valence-electron chi connectivity index (χ4n) is 1.91. The van der Waals surface area contributed by atoms with Crippen LogP contribution < -0.4 is 10.6 Å². The number of anilines is 1. The lowest BCUT2D eigenvalue weighted by Crippen LogP contribution is -2.36. The number of nitrogens with one attached hydrogen (secondary N) is 2. The van der Waals surface area contributed by atoms with Crippen molar-refractivity contribution in [2.45, 2.75) is 6.92 Å². The van der Waals surface area contributed by atoms with Gasteiger partial charge >= 0.3 is 6.03 Å². The second-order valence-electron chi connectivity index (χ2n) is 5.09. The van der Waals surface area contributed by atoms with Crippen molar-refractivity contribution < 1.29 is 17.6 Å². The molecule has 2 amide bonds. The molecule has 1 aromatic heterocycles. The van der Waals surface area contributed by atoms with Gasteiger partial charge in [-0.1, -0.05) is 0 Å². The van der Waals surface area contributed by atoms with Crippen LogP contribution in [0.1, 0.15) is 5.76 Å². The number of hydrogen-bond acceptors (Lipinski definition) is 4. The Hall–Kier alpha value is -2.06. The monoisotopic (exact) mass is 325 g/mol. The van der Waals surface area contributed by atoms with Gasteiger partial charge < -0.3 is 15.1 Å². The number of fused-ring (bicyclic) bond motifs is 1.